The molecule has 2 aromatic rings. The zero-order valence-corrected chi connectivity index (χ0v) is 14.8. The summed E-state index contributed by atoms with van der Waals surface area (Å²) in [5.41, 5.74) is 2.42. The molecule has 0 bridgehead atoms. The third-order valence-electron chi connectivity index (χ3n) is 4.23. The van der Waals surface area contributed by atoms with E-state index in [0.29, 0.717) is 17.0 Å². The van der Waals surface area contributed by atoms with Gasteiger partial charge in [-0.2, -0.15) is 0 Å². The first-order chi connectivity index (χ1) is 12.5. The molecule has 0 aromatic heterocycles. The summed E-state index contributed by atoms with van der Waals surface area (Å²) >= 11 is 0. The van der Waals surface area contributed by atoms with Crippen LogP contribution in [0.5, 0.6) is 5.75 Å². The van der Waals surface area contributed by atoms with E-state index in [2.05, 4.69) is 5.32 Å². The summed E-state index contributed by atoms with van der Waals surface area (Å²) in [4.78, 5) is 26.6. The number of nitrogens with zero attached hydrogens (tertiary/aromatic N) is 1. The van der Waals surface area contributed by atoms with Gasteiger partial charge in [-0.25, -0.2) is 4.39 Å². The Morgan fingerprint density at radius 1 is 1.08 bits per heavy atom. The number of rotatable bonds is 5. The fourth-order valence-corrected chi connectivity index (χ4v) is 2.92. The van der Waals surface area contributed by atoms with Crippen LogP contribution in [0.3, 0.4) is 0 Å². The van der Waals surface area contributed by atoms with Crippen LogP contribution < -0.4 is 10.1 Å². The van der Waals surface area contributed by atoms with E-state index in [4.69, 9.17) is 4.74 Å². The highest BCUT2D eigenvalue weighted by Crippen LogP contribution is 2.33. The Labute approximate surface area is 151 Å². The monoisotopic (exact) mass is 354 g/mol. The van der Waals surface area contributed by atoms with Gasteiger partial charge in [0.15, 0.2) is 0 Å². The van der Waals surface area contributed by atoms with Gasteiger partial charge < -0.3 is 10.1 Å². The van der Waals surface area contributed by atoms with Gasteiger partial charge >= 0.3 is 0 Å². The lowest BCUT2D eigenvalue weighted by Gasteiger charge is -2.14. The number of carbonyl (C=O) groups is 2. The van der Waals surface area contributed by atoms with Crippen molar-refractivity contribution in [1.29, 1.82) is 0 Å². The van der Waals surface area contributed by atoms with Gasteiger partial charge in [0.05, 0.1) is 18.4 Å². The number of nitrogens with one attached hydrogen (secondary N) is 1. The third kappa shape index (κ3) is 3.06. The highest BCUT2D eigenvalue weighted by Gasteiger charge is 2.38. The second-order valence-electron chi connectivity index (χ2n) is 5.94. The summed E-state index contributed by atoms with van der Waals surface area (Å²) < 4.78 is 18.6. The van der Waals surface area contributed by atoms with Crippen LogP contribution in [0, 0.1) is 12.7 Å². The van der Waals surface area contributed by atoms with Gasteiger partial charge in [-0.3, -0.25) is 14.5 Å². The minimum absolute atomic E-state index is 0.160. The molecule has 3 rings (SSSR count). The van der Waals surface area contributed by atoms with Crippen LogP contribution in [0.1, 0.15) is 18.1 Å². The third-order valence-corrected chi connectivity index (χ3v) is 4.23. The molecule has 0 fully saturated rings. The molecule has 0 spiro atoms. The summed E-state index contributed by atoms with van der Waals surface area (Å²) in [5.74, 6) is -0.677. The maximum Gasteiger partial charge on any atom is 0.278 e. The summed E-state index contributed by atoms with van der Waals surface area (Å²) in [6.45, 7) is 3.90. The van der Waals surface area contributed by atoms with Crippen LogP contribution in [0.15, 0.2) is 48.2 Å². The minimum Gasteiger partial charge on any atom is -0.495 e. The first-order valence-corrected chi connectivity index (χ1v) is 8.24. The van der Waals surface area contributed by atoms with Crippen LogP contribution in [0.2, 0.25) is 0 Å². The van der Waals surface area contributed by atoms with Crippen molar-refractivity contribution < 1.29 is 18.7 Å². The number of hydrogen-bond acceptors (Lipinski definition) is 4. The highest BCUT2D eigenvalue weighted by atomic mass is 19.1. The number of imide groups is 1. The molecule has 1 aliphatic rings. The highest BCUT2D eigenvalue weighted by molar-refractivity contribution is 6.36. The molecule has 0 aliphatic carbocycles. The molecule has 0 unspecified atom stereocenters. The predicted octanol–water partition coefficient (Wildman–Crippen LogP) is 3.35. The van der Waals surface area contributed by atoms with Crippen molar-refractivity contribution in [2.24, 2.45) is 0 Å². The van der Waals surface area contributed by atoms with Gasteiger partial charge in [-0.1, -0.05) is 18.2 Å². The molecule has 1 heterocycles. The average Bonchev–Trinajstić information content (AvgIpc) is 2.86. The van der Waals surface area contributed by atoms with Crippen molar-refractivity contribution in [2.45, 2.75) is 13.8 Å². The Hall–Kier alpha value is -3.15. The molecule has 0 radical (unpaired) electrons. The number of methoxy groups -OCH3 is 1. The van der Waals surface area contributed by atoms with E-state index in [-0.39, 0.29) is 17.8 Å². The number of ether oxygens (including phenoxy) is 1. The van der Waals surface area contributed by atoms with Gasteiger partial charge in [0.25, 0.3) is 11.8 Å². The topological polar surface area (TPSA) is 58.6 Å². The SMILES string of the molecule is CCN1C(=O)C(Nc2cc(C)ccc2OC)=C(c2ccc(F)cc2)C1=O. The van der Waals surface area contributed by atoms with E-state index >= 15 is 0 Å². The van der Waals surface area contributed by atoms with Crippen molar-refractivity contribution in [1.82, 2.24) is 4.90 Å². The van der Waals surface area contributed by atoms with Crippen LogP contribution in [0.25, 0.3) is 5.57 Å². The van der Waals surface area contributed by atoms with Crippen molar-refractivity contribution in [3.8, 4) is 5.75 Å². The maximum atomic E-state index is 13.3. The first kappa shape index (κ1) is 17.7. The molecular weight excluding hydrogens is 335 g/mol. The molecule has 1 N–H and O–H groups in total. The average molecular weight is 354 g/mol. The molecule has 134 valence electrons. The molecule has 0 atom stereocenters. The lowest BCUT2D eigenvalue weighted by atomic mass is 10.0. The van der Waals surface area contributed by atoms with E-state index in [1.165, 1.54) is 31.4 Å². The van der Waals surface area contributed by atoms with Crippen molar-refractivity contribution in [3.05, 3.63) is 65.1 Å². The Morgan fingerprint density at radius 2 is 1.77 bits per heavy atom. The predicted molar refractivity (Wildman–Crippen MR) is 97.1 cm³/mol. The van der Waals surface area contributed by atoms with Crippen molar-refractivity contribution in [2.75, 3.05) is 19.0 Å². The summed E-state index contributed by atoms with van der Waals surface area (Å²) in [7, 11) is 1.53. The van der Waals surface area contributed by atoms with Crippen LogP contribution >= 0.6 is 0 Å². The Morgan fingerprint density at radius 3 is 2.38 bits per heavy atom. The lowest BCUT2D eigenvalue weighted by molar-refractivity contribution is -0.136. The number of amides is 2. The number of aryl methyl sites for hydroxylation is 1. The molecule has 2 amide bonds. The standard InChI is InChI=1S/C20H19FN2O3/c1-4-23-19(24)17(13-6-8-14(21)9-7-13)18(20(23)25)22-15-11-12(2)5-10-16(15)26-3/h5-11,22H,4H2,1-3H3. The molecule has 2 aromatic carbocycles. The van der Waals surface area contributed by atoms with Crippen LogP contribution in [-0.2, 0) is 9.59 Å². The zero-order valence-electron chi connectivity index (χ0n) is 14.8. The smallest absolute Gasteiger partial charge is 0.278 e. The van der Waals surface area contributed by atoms with E-state index in [1.54, 1.807) is 13.0 Å². The summed E-state index contributed by atoms with van der Waals surface area (Å²) in [6, 6.07) is 11.0. The zero-order chi connectivity index (χ0) is 18.8. The van der Waals surface area contributed by atoms with Gasteiger partial charge in [0.1, 0.15) is 17.3 Å². The molecule has 6 heteroatoms. The van der Waals surface area contributed by atoms with Crippen LogP contribution in [0.4, 0.5) is 10.1 Å². The van der Waals surface area contributed by atoms with Gasteiger partial charge in [0.2, 0.25) is 0 Å². The van der Waals surface area contributed by atoms with E-state index in [0.717, 1.165) is 10.5 Å². The maximum absolute atomic E-state index is 13.3. The molecule has 0 saturated heterocycles. The normalized spacial score (nSPS) is 14.2. The minimum atomic E-state index is -0.416. The second-order valence-corrected chi connectivity index (χ2v) is 5.94. The van der Waals surface area contributed by atoms with Crippen molar-refractivity contribution >= 4 is 23.1 Å². The summed E-state index contributed by atoms with van der Waals surface area (Å²) in [5, 5.41) is 3.06. The van der Waals surface area contributed by atoms with Crippen molar-refractivity contribution in [3.63, 3.8) is 0 Å². The first-order valence-electron chi connectivity index (χ1n) is 8.24. The van der Waals surface area contributed by atoms with Crippen LogP contribution in [-0.4, -0.2) is 30.4 Å². The van der Waals surface area contributed by atoms with Gasteiger partial charge in [0, 0.05) is 6.54 Å². The fourth-order valence-electron chi connectivity index (χ4n) is 2.92. The number of hydrogen-bond donors (Lipinski definition) is 1. The number of likely N-dealkylation sites (N-methyl/N-ethyl adjacent to an activating group) is 1. The van der Waals surface area contributed by atoms with Gasteiger partial charge in [-0.15, -0.1) is 0 Å². The summed E-state index contributed by atoms with van der Waals surface area (Å²) in [6.07, 6.45) is 0. The largest absolute Gasteiger partial charge is 0.495 e. The van der Waals surface area contributed by atoms with E-state index in [9.17, 15) is 14.0 Å². The Kier molecular flexibility index (Phi) is 4.75. The molecule has 1 aliphatic heterocycles. The number of halogens is 1. The fraction of sp³-hybridized carbons (Fsp3) is 0.200. The van der Waals surface area contributed by atoms with Gasteiger partial charge in [-0.05, 0) is 49.2 Å². The molecule has 5 nitrogen and oxygen atoms in total. The molecular formula is C20H19FN2O3. The quantitative estimate of drug-likeness (QED) is 0.837. The van der Waals surface area contributed by atoms with E-state index in [1.807, 2.05) is 19.1 Å². The molecule has 0 saturated carbocycles. The number of anilines is 1. The Balaban J connectivity index is 2.13. The molecule has 26 heavy (non-hydrogen) atoms. The number of benzene rings is 2. The second kappa shape index (κ2) is 7.00. The van der Waals surface area contributed by atoms with E-state index < -0.39 is 17.6 Å². The number of carbonyl (C=O) groups excluding carboxylic acids is 2. The lowest BCUT2D eigenvalue weighted by Crippen LogP contribution is -2.32. The Bertz CT molecular complexity index is 904.